The smallest absolute Gasteiger partial charge is 0.273 e. The predicted molar refractivity (Wildman–Crippen MR) is 105 cm³/mol. The summed E-state index contributed by atoms with van der Waals surface area (Å²) < 4.78 is 10.7. The molecule has 0 saturated carbocycles. The summed E-state index contributed by atoms with van der Waals surface area (Å²) in [6.07, 6.45) is 0. The highest BCUT2D eigenvalue weighted by Gasteiger charge is 2.18. The summed E-state index contributed by atoms with van der Waals surface area (Å²) in [5.41, 5.74) is 4.02. The SMILES string of the molecule is Cc1cc(O)c(C(C)C)cc1NC(=O)c1cc(-c2ccc3c(c2)OCO3)n[nH]1. The second kappa shape index (κ2) is 6.92. The molecule has 4 rings (SSSR count). The van der Waals surface area contributed by atoms with Crippen LogP contribution in [0.5, 0.6) is 17.2 Å². The number of fused-ring (bicyclic) bond motifs is 1. The van der Waals surface area contributed by atoms with Crippen LogP contribution < -0.4 is 14.8 Å². The summed E-state index contributed by atoms with van der Waals surface area (Å²) >= 11 is 0. The number of H-pyrrole nitrogens is 1. The molecule has 7 nitrogen and oxygen atoms in total. The number of hydrogen-bond acceptors (Lipinski definition) is 5. The molecule has 1 aromatic heterocycles. The van der Waals surface area contributed by atoms with E-state index >= 15 is 0 Å². The molecule has 0 radical (unpaired) electrons. The van der Waals surface area contributed by atoms with Crippen LogP contribution in [0.2, 0.25) is 0 Å². The molecule has 1 amide bonds. The number of aromatic nitrogens is 2. The number of phenols is 1. The summed E-state index contributed by atoms with van der Waals surface area (Å²) in [5, 5.41) is 20.0. The average Bonchev–Trinajstić information content (AvgIpc) is 3.31. The predicted octanol–water partition coefficient (Wildman–Crippen LogP) is 4.20. The molecular weight excluding hydrogens is 358 g/mol. The first-order valence-corrected chi connectivity index (χ1v) is 9.02. The van der Waals surface area contributed by atoms with Crippen LogP contribution in [0.1, 0.15) is 41.4 Å². The van der Waals surface area contributed by atoms with Crippen LogP contribution in [0.4, 0.5) is 5.69 Å². The second-order valence-electron chi connectivity index (χ2n) is 7.07. The van der Waals surface area contributed by atoms with Gasteiger partial charge in [0.2, 0.25) is 6.79 Å². The molecule has 144 valence electrons. The van der Waals surface area contributed by atoms with Crippen LogP contribution in [0.3, 0.4) is 0 Å². The second-order valence-corrected chi connectivity index (χ2v) is 7.07. The van der Waals surface area contributed by atoms with Crippen molar-refractivity contribution in [1.29, 1.82) is 0 Å². The number of aromatic amines is 1. The first-order chi connectivity index (χ1) is 13.4. The molecule has 3 N–H and O–H groups in total. The maximum absolute atomic E-state index is 12.7. The van der Waals surface area contributed by atoms with Gasteiger partial charge in [0.1, 0.15) is 11.4 Å². The van der Waals surface area contributed by atoms with Gasteiger partial charge in [-0.1, -0.05) is 13.8 Å². The van der Waals surface area contributed by atoms with Crippen molar-refractivity contribution in [3.63, 3.8) is 0 Å². The Hall–Kier alpha value is -3.48. The number of aryl methyl sites for hydroxylation is 1. The highest BCUT2D eigenvalue weighted by atomic mass is 16.7. The Morgan fingerprint density at radius 3 is 2.75 bits per heavy atom. The molecule has 1 aliphatic heterocycles. The fourth-order valence-electron chi connectivity index (χ4n) is 3.14. The molecule has 0 atom stereocenters. The Morgan fingerprint density at radius 1 is 1.18 bits per heavy atom. The van der Waals surface area contributed by atoms with Gasteiger partial charge in [0.05, 0.1) is 5.69 Å². The van der Waals surface area contributed by atoms with Gasteiger partial charge in [-0.25, -0.2) is 0 Å². The van der Waals surface area contributed by atoms with E-state index in [0.29, 0.717) is 28.6 Å². The zero-order chi connectivity index (χ0) is 19.8. The largest absolute Gasteiger partial charge is 0.508 e. The van der Waals surface area contributed by atoms with Gasteiger partial charge in [0, 0.05) is 11.3 Å². The number of aromatic hydroxyl groups is 1. The molecule has 0 fully saturated rings. The van der Waals surface area contributed by atoms with Crippen LogP contribution in [0.15, 0.2) is 36.4 Å². The number of amides is 1. The normalized spacial score (nSPS) is 12.4. The summed E-state index contributed by atoms with van der Waals surface area (Å²) in [4.78, 5) is 12.7. The van der Waals surface area contributed by atoms with Crippen molar-refractivity contribution in [2.24, 2.45) is 0 Å². The van der Waals surface area contributed by atoms with Gasteiger partial charge in [-0.3, -0.25) is 9.89 Å². The van der Waals surface area contributed by atoms with E-state index in [4.69, 9.17) is 9.47 Å². The third-order valence-corrected chi connectivity index (χ3v) is 4.73. The lowest BCUT2D eigenvalue weighted by atomic mass is 9.99. The van der Waals surface area contributed by atoms with Gasteiger partial charge in [-0.05, 0) is 60.4 Å². The van der Waals surface area contributed by atoms with Crippen molar-refractivity contribution in [3.05, 3.63) is 53.2 Å². The van der Waals surface area contributed by atoms with Gasteiger partial charge >= 0.3 is 0 Å². The minimum Gasteiger partial charge on any atom is -0.508 e. The van der Waals surface area contributed by atoms with E-state index < -0.39 is 0 Å². The van der Waals surface area contributed by atoms with Crippen molar-refractivity contribution < 1.29 is 19.4 Å². The van der Waals surface area contributed by atoms with Crippen LogP contribution in [0, 0.1) is 6.92 Å². The van der Waals surface area contributed by atoms with Crippen LogP contribution in [-0.2, 0) is 0 Å². The zero-order valence-electron chi connectivity index (χ0n) is 15.9. The first-order valence-electron chi connectivity index (χ1n) is 9.02. The standard InChI is InChI=1S/C21H21N3O4/c1-11(2)14-8-15(12(3)6-18(14)25)22-21(26)17-9-16(23-24-17)13-4-5-19-20(7-13)28-10-27-19/h4-9,11,25H,10H2,1-3H3,(H,22,26)(H,23,24). The average molecular weight is 379 g/mol. The van der Waals surface area contributed by atoms with Crippen molar-refractivity contribution in [1.82, 2.24) is 10.2 Å². The third-order valence-electron chi connectivity index (χ3n) is 4.73. The third kappa shape index (κ3) is 3.26. The number of nitrogens with zero attached hydrogens (tertiary/aromatic N) is 1. The van der Waals surface area contributed by atoms with Crippen molar-refractivity contribution in [2.45, 2.75) is 26.7 Å². The number of carbonyl (C=O) groups is 1. The molecule has 2 heterocycles. The highest BCUT2D eigenvalue weighted by Crippen LogP contribution is 2.35. The van der Waals surface area contributed by atoms with E-state index in [0.717, 1.165) is 16.7 Å². The molecule has 0 unspecified atom stereocenters. The summed E-state index contributed by atoms with van der Waals surface area (Å²) in [6.45, 7) is 6.02. The molecule has 0 aliphatic carbocycles. The molecule has 28 heavy (non-hydrogen) atoms. The maximum atomic E-state index is 12.7. The van der Waals surface area contributed by atoms with Gasteiger partial charge in [-0.15, -0.1) is 0 Å². The van der Waals surface area contributed by atoms with E-state index in [1.54, 1.807) is 12.1 Å². The van der Waals surface area contributed by atoms with E-state index in [2.05, 4.69) is 15.5 Å². The van der Waals surface area contributed by atoms with Gasteiger partial charge in [0.25, 0.3) is 5.91 Å². The number of anilines is 1. The number of benzene rings is 2. The minimum atomic E-state index is -0.303. The van der Waals surface area contributed by atoms with Gasteiger partial charge in [-0.2, -0.15) is 5.10 Å². The van der Waals surface area contributed by atoms with Crippen LogP contribution in [0.25, 0.3) is 11.3 Å². The Morgan fingerprint density at radius 2 is 1.96 bits per heavy atom. The van der Waals surface area contributed by atoms with E-state index in [9.17, 15) is 9.90 Å². The fourth-order valence-corrected chi connectivity index (χ4v) is 3.14. The van der Waals surface area contributed by atoms with E-state index in [-0.39, 0.29) is 24.4 Å². The molecule has 0 saturated heterocycles. The minimum absolute atomic E-state index is 0.140. The topological polar surface area (TPSA) is 96.5 Å². The van der Waals surface area contributed by atoms with Gasteiger partial charge in [0.15, 0.2) is 11.5 Å². The summed E-state index contributed by atoms with van der Waals surface area (Å²) in [5.74, 6) is 1.43. The lowest BCUT2D eigenvalue weighted by Crippen LogP contribution is -2.13. The van der Waals surface area contributed by atoms with Crippen LogP contribution in [-0.4, -0.2) is 28.0 Å². The number of phenolic OH excluding ortho intramolecular Hbond substituents is 1. The first kappa shape index (κ1) is 17.9. The molecule has 0 spiro atoms. The molecule has 2 aromatic carbocycles. The summed E-state index contributed by atoms with van der Waals surface area (Å²) in [7, 11) is 0. The number of hydrogen-bond donors (Lipinski definition) is 3. The van der Waals surface area contributed by atoms with E-state index in [1.807, 2.05) is 45.0 Å². The number of rotatable bonds is 4. The Bertz CT molecular complexity index is 1060. The molecular formula is C21H21N3O4. The molecule has 1 aliphatic rings. The number of nitrogens with one attached hydrogen (secondary N) is 2. The van der Waals surface area contributed by atoms with Crippen molar-refractivity contribution in [2.75, 3.05) is 12.1 Å². The highest BCUT2D eigenvalue weighted by molar-refractivity contribution is 6.04. The lowest BCUT2D eigenvalue weighted by molar-refractivity contribution is 0.102. The summed E-state index contributed by atoms with van der Waals surface area (Å²) in [6, 6.07) is 10.7. The molecule has 3 aromatic rings. The molecule has 0 bridgehead atoms. The maximum Gasteiger partial charge on any atom is 0.273 e. The van der Waals surface area contributed by atoms with Crippen molar-refractivity contribution in [3.8, 4) is 28.5 Å². The van der Waals surface area contributed by atoms with Gasteiger partial charge < -0.3 is 19.9 Å². The van der Waals surface area contributed by atoms with E-state index in [1.165, 1.54) is 0 Å². The quantitative estimate of drug-likeness (QED) is 0.591. The van der Waals surface area contributed by atoms with Crippen molar-refractivity contribution >= 4 is 11.6 Å². The lowest BCUT2D eigenvalue weighted by Gasteiger charge is -2.14. The number of carbonyl (C=O) groups excluding carboxylic acids is 1. The number of ether oxygens (including phenoxy) is 2. The monoisotopic (exact) mass is 379 g/mol. The Labute approximate surface area is 162 Å². The Kier molecular flexibility index (Phi) is 4.43. The Balaban J connectivity index is 1.56. The fraction of sp³-hybridized carbons (Fsp3) is 0.238. The zero-order valence-corrected chi connectivity index (χ0v) is 15.9. The van der Waals surface area contributed by atoms with Crippen LogP contribution >= 0.6 is 0 Å². The molecule has 7 heteroatoms.